The summed E-state index contributed by atoms with van der Waals surface area (Å²) >= 11 is 12.0. The molecule has 2 rings (SSSR count). The van der Waals surface area contributed by atoms with Gasteiger partial charge < -0.3 is 19.7 Å². The number of methoxy groups -OCH3 is 1. The summed E-state index contributed by atoms with van der Waals surface area (Å²) in [5.41, 5.74) is 0.585. The van der Waals surface area contributed by atoms with E-state index in [1.54, 1.807) is 18.2 Å². The van der Waals surface area contributed by atoms with Crippen LogP contribution in [0.15, 0.2) is 18.2 Å². The first-order chi connectivity index (χ1) is 11.4. The Labute approximate surface area is 161 Å². The molecule has 0 radical (unpaired) electrons. The monoisotopic (exact) mass is 409 g/mol. The largest absolute Gasteiger partial charge is 0.515 e. The third-order valence-electron chi connectivity index (χ3n) is 2.84. The number of nitrogens with zero attached hydrogens (tertiary/aromatic N) is 4. The van der Waals surface area contributed by atoms with E-state index in [0.717, 1.165) is 6.54 Å². The molecule has 0 atom stereocenters. The molecule has 0 aliphatic heterocycles. The fourth-order valence-corrected chi connectivity index (χ4v) is 2.28. The Morgan fingerprint density at radius 2 is 1.88 bits per heavy atom. The third-order valence-corrected chi connectivity index (χ3v) is 3.28. The maximum Gasteiger partial charge on any atom is 0.515 e. The summed E-state index contributed by atoms with van der Waals surface area (Å²) in [6.07, 6.45) is -0.887. The van der Waals surface area contributed by atoms with Crippen molar-refractivity contribution in [2.45, 2.75) is 6.54 Å². The Hall–Kier alpha value is -1.74. The smallest absolute Gasteiger partial charge is 0.437 e. The highest BCUT2D eigenvalue weighted by Crippen LogP contribution is 2.28. The number of rotatable bonds is 6. The van der Waals surface area contributed by atoms with Gasteiger partial charge in [-0.15, -0.1) is 22.6 Å². The average Bonchev–Trinajstić information content (AvgIpc) is 2.85. The number of carbonyl (C=O) groups is 1. The van der Waals surface area contributed by atoms with E-state index in [1.165, 1.54) is 11.9 Å². The van der Waals surface area contributed by atoms with E-state index in [1.807, 2.05) is 19.0 Å². The number of carbonyl (C=O) groups excluding carboxylic acids is 1. The van der Waals surface area contributed by atoms with Gasteiger partial charge >= 0.3 is 6.16 Å². The maximum absolute atomic E-state index is 11.4. The van der Waals surface area contributed by atoms with E-state index in [0.29, 0.717) is 22.3 Å². The number of anilines is 2. The molecule has 0 unspecified atom stereocenters. The van der Waals surface area contributed by atoms with Gasteiger partial charge in [0.2, 0.25) is 5.82 Å². The maximum atomic E-state index is 11.4. The van der Waals surface area contributed by atoms with Crippen molar-refractivity contribution in [1.82, 2.24) is 19.9 Å². The van der Waals surface area contributed by atoms with Crippen LogP contribution in [-0.2, 0) is 11.3 Å². The van der Waals surface area contributed by atoms with Crippen molar-refractivity contribution in [3.63, 3.8) is 0 Å². The van der Waals surface area contributed by atoms with Gasteiger partial charge in [0.1, 0.15) is 0 Å². The summed E-state index contributed by atoms with van der Waals surface area (Å²) in [5.74, 6) is 0.245. The zero-order chi connectivity index (χ0) is 17.7. The minimum Gasteiger partial charge on any atom is -0.437 e. The van der Waals surface area contributed by atoms with Crippen LogP contribution in [0.2, 0.25) is 10.0 Å². The lowest BCUT2D eigenvalue weighted by atomic mass is 10.3. The normalized spacial score (nSPS) is 10.3. The molecule has 0 fully saturated rings. The van der Waals surface area contributed by atoms with Crippen LogP contribution in [0, 0.1) is 0 Å². The number of hydrogen-bond acceptors (Lipinski definition) is 7. The quantitative estimate of drug-likeness (QED) is 0.730. The third kappa shape index (κ3) is 6.58. The molecule has 0 aliphatic rings. The van der Waals surface area contributed by atoms with E-state index < -0.39 is 6.16 Å². The molecule has 8 nitrogen and oxygen atoms in total. The number of benzene rings is 1. The van der Waals surface area contributed by atoms with Gasteiger partial charge in [0.05, 0.1) is 13.7 Å². The zero-order valence-corrected chi connectivity index (χ0v) is 16.2. The van der Waals surface area contributed by atoms with Crippen LogP contribution in [0.5, 0.6) is 5.88 Å². The molecule has 0 spiro atoms. The van der Waals surface area contributed by atoms with Crippen molar-refractivity contribution in [3.8, 4) is 5.88 Å². The number of hydrogen-bond donors (Lipinski definition) is 1. The van der Waals surface area contributed by atoms with Gasteiger partial charge in [-0.1, -0.05) is 23.2 Å². The van der Waals surface area contributed by atoms with Crippen LogP contribution in [0.3, 0.4) is 0 Å². The van der Waals surface area contributed by atoms with Gasteiger partial charge in [-0.2, -0.15) is 4.80 Å². The Morgan fingerprint density at radius 3 is 2.44 bits per heavy atom. The standard InChI is InChI=1S/C14H17Cl2N5O3.ClH/c1-20(2)4-5-21-18-12(13(19-21)24-14(22)23-3)17-11-7-9(15)6-10(16)8-11;/h6-8H,4-5H2,1-3H3,(H,17,18);1H. The topological polar surface area (TPSA) is 81.5 Å². The van der Waals surface area contributed by atoms with E-state index in [4.69, 9.17) is 27.9 Å². The first-order valence-electron chi connectivity index (χ1n) is 6.96. The van der Waals surface area contributed by atoms with E-state index in [-0.39, 0.29) is 24.1 Å². The van der Waals surface area contributed by atoms with Crippen molar-refractivity contribution >= 4 is 53.3 Å². The van der Waals surface area contributed by atoms with Crippen LogP contribution in [0.1, 0.15) is 0 Å². The Bertz CT molecular complexity index is 703. The summed E-state index contributed by atoms with van der Waals surface area (Å²) in [6, 6.07) is 4.93. The summed E-state index contributed by atoms with van der Waals surface area (Å²) in [4.78, 5) is 14.8. The molecule has 2 aromatic rings. The molecule has 0 bridgehead atoms. The van der Waals surface area contributed by atoms with Crippen LogP contribution < -0.4 is 10.1 Å². The molecular weight excluding hydrogens is 393 g/mol. The van der Waals surface area contributed by atoms with Crippen LogP contribution >= 0.6 is 35.6 Å². The zero-order valence-electron chi connectivity index (χ0n) is 13.8. The predicted molar refractivity (Wildman–Crippen MR) is 98.6 cm³/mol. The molecule has 1 N–H and O–H groups in total. The molecule has 0 amide bonds. The average molecular weight is 411 g/mol. The molecule has 1 aromatic carbocycles. The van der Waals surface area contributed by atoms with E-state index in [2.05, 4.69) is 20.3 Å². The minimum atomic E-state index is -0.887. The summed E-state index contributed by atoms with van der Waals surface area (Å²) in [7, 11) is 5.08. The molecule has 0 saturated heterocycles. The van der Waals surface area contributed by atoms with Gasteiger partial charge in [0.25, 0.3) is 5.88 Å². The molecule has 11 heteroatoms. The fourth-order valence-electron chi connectivity index (χ4n) is 1.75. The number of ether oxygens (including phenoxy) is 2. The second kappa shape index (κ2) is 9.67. The lowest BCUT2D eigenvalue weighted by Crippen LogP contribution is -2.19. The molecular formula is C14H18Cl3N5O3. The van der Waals surface area contributed by atoms with Crippen molar-refractivity contribution in [2.75, 3.05) is 33.1 Å². The number of likely N-dealkylation sites (N-methyl/N-ethyl adjacent to an activating group) is 1. The number of halogens is 3. The predicted octanol–water partition coefficient (Wildman–Crippen LogP) is 3.46. The highest BCUT2D eigenvalue weighted by atomic mass is 35.5. The van der Waals surface area contributed by atoms with Crippen LogP contribution in [0.25, 0.3) is 0 Å². The summed E-state index contributed by atoms with van der Waals surface area (Å²) in [5, 5.41) is 12.3. The highest BCUT2D eigenvalue weighted by molar-refractivity contribution is 6.35. The second-order valence-electron chi connectivity index (χ2n) is 5.09. The first kappa shape index (κ1) is 21.3. The summed E-state index contributed by atoms with van der Waals surface area (Å²) in [6.45, 7) is 1.23. The Kier molecular flexibility index (Phi) is 8.24. The molecule has 1 aromatic heterocycles. The summed E-state index contributed by atoms with van der Waals surface area (Å²) < 4.78 is 9.51. The first-order valence-corrected chi connectivity index (χ1v) is 7.71. The van der Waals surface area contributed by atoms with Gasteiger partial charge in [0, 0.05) is 22.3 Å². The highest BCUT2D eigenvalue weighted by Gasteiger charge is 2.17. The Morgan fingerprint density at radius 1 is 1.24 bits per heavy atom. The molecule has 0 aliphatic carbocycles. The Balaban J connectivity index is 0.00000312. The van der Waals surface area contributed by atoms with Crippen molar-refractivity contribution in [1.29, 1.82) is 0 Å². The van der Waals surface area contributed by atoms with E-state index in [9.17, 15) is 4.79 Å². The lowest BCUT2D eigenvalue weighted by molar-refractivity contribution is 0.119. The van der Waals surface area contributed by atoms with Crippen LogP contribution in [0.4, 0.5) is 16.3 Å². The van der Waals surface area contributed by atoms with Crippen molar-refractivity contribution < 1.29 is 14.3 Å². The number of aromatic nitrogens is 3. The van der Waals surface area contributed by atoms with Gasteiger partial charge in [0.15, 0.2) is 0 Å². The molecule has 0 saturated carbocycles. The van der Waals surface area contributed by atoms with Gasteiger partial charge in [-0.25, -0.2) is 4.79 Å². The second-order valence-corrected chi connectivity index (χ2v) is 5.97. The van der Waals surface area contributed by atoms with Crippen LogP contribution in [-0.4, -0.2) is 53.8 Å². The molecule has 1 heterocycles. The van der Waals surface area contributed by atoms with Crippen molar-refractivity contribution in [3.05, 3.63) is 28.2 Å². The van der Waals surface area contributed by atoms with Gasteiger partial charge in [-0.05, 0) is 32.3 Å². The molecule has 25 heavy (non-hydrogen) atoms. The fraction of sp³-hybridized carbons (Fsp3) is 0.357. The van der Waals surface area contributed by atoms with E-state index >= 15 is 0 Å². The SMILES string of the molecule is COC(=O)Oc1nn(CCN(C)C)nc1Nc1cc(Cl)cc(Cl)c1.Cl. The van der Waals surface area contributed by atoms with Crippen molar-refractivity contribution in [2.24, 2.45) is 0 Å². The molecule has 138 valence electrons. The minimum absolute atomic E-state index is 0. The number of nitrogens with one attached hydrogen (secondary N) is 1. The lowest BCUT2D eigenvalue weighted by Gasteiger charge is -2.07. The van der Waals surface area contributed by atoms with Gasteiger partial charge in [-0.3, -0.25) is 0 Å².